The van der Waals surface area contributed by atoms with E-state index in [0.717, 1.165) is 25.3 Å². The van der Waals surface area contributed by atoms with Crippen molar-refractivity contribution < 1.29 is 4.79 Å². The van der Waals surface area contributed by atoms with Crippen LogP contribution in [-0.2, 0) is 17.9 Å². The van der Waals surface area contributed by atoms with Crippen molar-refractivity contribution in [3.63, 3.8) is 0 Å². The molecule has 2 aromatic rings. The van der Waals surface area contributed by atoms with Crippen LogP contribution in [0.5, 0.6) is 0 Å². The summed E-state index contributed by atoms with van der Waals surface area (Å²) in [5.74, 6) is 0.0483. The monoisotopic (exact) mass is 285 g/mol. The van der Waals surface area contributed by atoms with Gasteiger partial charge in [0.25, 0.3) is 0 Å². The van der Waals surface area contributed by atoms with Crippen molar-refractivity contribution in [2.75, 3.05) is 13.6 Å². The molecule has 0 saturated carbocycles. The number of aromatic nitrogens is 3. The second-order valence-corrected chi connectivity index (χ2v) is 5.32. The molecule has 0 unspecified atom stereocenters. The largest absolute Gasteiger partial charge is 0.359 e. The second kappa shape index (κ2) is 6.05. The van der Waals surface area contributed by atoms with E-state index in [4.69, 9.17) is 0 Å². The Labute approximate surface area is 123 Å². The molecule has 21 heavy (non-hydrogen) atoms. The van der Waals surface area contributed by atoms with Gasteiger partial charge in [-0.15, -0.1) is 0 Å². The van der Waals surface area contributed by atoms with Crippen molar-refractivity contribution in [2.45, 2.75) is 25.6 Å². The van der Waals surface area contributed by atoms with Crippen LogP contribution in [0.15, 0.2) is 36.8 Å². The molecule has 0 spiro atoms. The van der Waals surface area contributed by atoms with Gasteiger partial charge < -0.3 is 5.32 Å². The van der Waals surface area contributed by atoms with Gasteiger partial charge in [-0.2, -0.15) is 5.10 Å². The second-order valence-electron chi connectivity index (χ2n) is 5.32. The summed E-state index contributed by atoms with van der Waals surface area (Å²) in [5, 5.41) is 7.06. The summed E-state index contributed by atoms with van der Waals surface area (Å²) in [6, 6.07) is 6.17. The highest BCUT2D eigenvalue weighted by atomic mass is 16.1. The number of carbonyl (C=O) groups is 1. The first kappa shape index (κ1) is 13.8. The van der Waals surface area contributed by atoms with Gasteiger partial charge in [0.15, 0.2) is 0 Å². The molecule has 3 rings (SSSR count). The van der Waals surface area contributed by atoms with Gasteiger partial charge in [0.05, 0.1) is 18.2 Å². The molecular weight excluding hydrogens is 266 g/mol. The molecule has 0 saturated heterocycles. The van der Waals surface area contributed by atoms with Crippen molar-refractivity contribution in [1.82, 2.24) is 25.0 Å². The predicted octanol–water partition coefficient (Wildman–Crippen LogP) is 0.971. The number of carbonyl (C=O) groups excluding carboxylic acids is 1. The Morgan fingerprint density at radius 2 is 2.14 bits per heavy atom. The number of amides is 1. The number of pyridine rings is 1. The Balaban J connectivity index is 1.75. The van der Waals surface area contributed by atoms with Crippen LogP contribution in [-0.4, -0.2) is 39.2 Å². The normalized spacial score (nSPS) is 18.2. The summed E-state index contributed by atoms with van der Waals surface area (Å²) >= 11 is 0. The minimum atomic E-state index is 0.0483. The smallest absolute Gasteiger partial charge is 0.221 e. The molecular formula is C15H19N5O. The average molecular weight is 285 g/mol. The van der Waals surface area contributed by atoms with Gasteiger partial charge in [-0.25, -0.2) is 0 Å². The number of nitrogens with zero attached hydrogens (tertiary/aromatic N) is 4. The van der Waals surface area contributed by atoms with Crippen LogP contribution in [0.25, 0.3) is 0 Å². The molecule has 6 heteroatoms. The molecule has 0 aromatic carbocycles. The Kier molecular flexibility index (Phi) is 3.96. The first-order chi connectivity index (χ1) is 10.3. The van der Waals surface area contributed by atoms with E-state index < -0.39 is 0 Å². The third kappa shape index (κ3) is 3.11. The zero-order chi connectivity index (χ0) is 14.7. The zero-order valence-corrected chi connectivity index (χ0v) is 12.1. The van der Waals surface area contributed by atoms with Crippen LogP contribution < -0.4 is 5.32 Å². The minimum Gasteiger partial charge on any atom is -0.359 e. The molecule has 0 radical (unpaired) electrons. The van der Waals surface area contributed by atoms with E-state index in [1.165, 1.54) is 5.56 Å². The lowest BCUT2D eigenvalue weighted by atomic mass is 10.1. The fourth-order valence-electron chi connectivity index (χ4n) is 2.80. The van der Waals surface area contributed by atoms with Crippen LogP contribution >= 0.6 is 0 Å². The summed E-state index contributed by atoms with van der Waals surface area (Å²) in [4.78, 5) is 18.1. The number of rotatable bonds is 4. The highest BCUT2D eigenvalue weighted by Gasteiger charge is 2.27. The van der Waals surface area contributed by atoms with E-state index in [-0.39, 0.29) is 11.9 Å². The average Bonchev–Trinajstić information content (AvgIpc) is 2.97. The van der Waals surface area contributed by atoms with E-state index in [2.05, 4.69) is 20.3 Å². The first-order valence-electron chi connectivity index (χ1n) is 7.10. The van der Waals surface area contributed by atoms with E-state index in [0.29, 0.717) is 6.42 Å². The number of fused-ring (bicyclic) bond motifs is 1. The minimum absolute atomic E-state index is 0.0483. The standard InChI is InChI=1S/C15H19N5O/c1-16-15(21)8-14-11-19(9-12-2-5-17-6-3-12)10-13-4-7-18-20(13)14/h2-7,14H,8-11H2,1H3,(H,16,21)/t14-/m1/s1. The van der Waals surface area contributed by atoms with Gasteiger partial charge in [0.1, 0.15) is 0 Å². The topological polar surface area (TPSA) is 63.1 Å². The number of nitrogens with one attached hydrogen (secondary N) is 1. The Hall–Kier alpha value is -2.21. The van der Waals surface area contributed by atoms with Crippen LogP contribution in [0, 0.1) is 0 Å². The van der Waals surface area contributed by atoms with E-state index >= 15 is 0 Å². The quantitative estimate of drug-likeness (QED) is 0.909. The maximum absolute atomic E-state index is 11.7. The molecule has 1 aliphatic heterocycles. The third-order valence-corrected chi connectivity index (χ3v) is 3.81. The van der Waals surface area contributed by atoms with Crippen molar-refractivity contribution >= 4 is 5.91 Å². The summed E-state index contributed by atoms with van der Waals surface area (Å²) in [7, 11) is 1.67. The van der Waals surface area contributed by atoms with E-state index in [1.54, 1.807) is 7.05 Å². The summed E-state index contributed by atoms with van der Waals surface area (Å²) < 4.78 is 1.98. The summed E-state index contributed by atoms with van der Waals surface area (Å²) in [6.07, 6.45) is 5.89. The molecule has 1 atom stereocenters. The lowest BCUT2D eigenvalue weighted by molar-refractivity contribution is -0.121. The molecule has 6 nitrogen and oxygen atoms in total. The molecule has 0 bridgehead atoms. The molecule has 2 aromatic heterocycles. The summed E-state index contributed by atoms with van der Waals surface area (Å²) in [5.41, 5.74) is 2.39. The Morgan fingerprint density at radius 3 is 2.90 bits per heavy atom. The molecule has 3 heterocycles. The van der Waals surface area contributed by atoms with E-state index in [1.807, 2.05) is 41.5 Å². The number of hydrogen-bond acceptors (Lipinski definition) is 4. The number of hydrogen-bond donors (Lipinski definition) is 1. The molecule has 1 amide bonds. The fraction of sp³-hybridized carbons (Fsp3) is 0.400. The van der Waals surface area contributed by atoms with Gasteiger partial charge >= 0.3 is 0 Å². The zero-order valence-electron chi connectivity index (χ0n) is 12.1. The maximum Gasteiger partial charge on any atom is 0.221 e. The van der Waals surface area contributed by atoms with Crippen LogP contribution in [0.2, 0.25) is 0 Å². The molecule has 1 N–H and O–H groups in total. The fourth-order valence-corrected chi connectivity index (χ4v) is 2.80. The van der Waals surface area contributed by atoms with Crippen molar-refractivity contribution in [3.05, 3.63) is 48.0 Å². The van der Waals surface area contributed by atoms with Crippen molar-refractivity contribution in [3.8, 4) is 0 Å². The third-order valence-electron chi connectivity index (χ3n) is 3.81. The molecule has 0 aliphatic carbocycles. The SMILES string of the molecule is CNC(=O)C[C@@H]1CN(Cc2ccncc2)Cc2ccnn21. The highest BCUT2D eigenvalue weighted by Crippen LogP contribution is 2.24. The Bertz CT molecular complexity index is 610. The predicted molar refractivity (Wildman–Crippen MR) is 78.3 cm³/mol. The molecule has 1 aliphatic rings. The van der Waals surface area contributed by atoms with Gasteiger partial charge in [-0.1, -0.05) is 0 Å². The van der Waals surface area contributed by atoms with Gasteiger partial charge in [-0.3, -0.25) is 19.4 Å². The van der Waals surface area contributed by atoms with Crippen LogP contribution in [0.1, 0.15) is 23.7 Å². The lowest BCUT2D eigenvalue weighted by Gasteiger charge is -2.33. The Morgan fingerprint density at radius 1 is 1.33 bits per heavy atom. The highest BCUT2D eigenvalue weighted by molar-refractivity contribution is 5.76. The lowest BCUT2D eigenvalue weighted by Crippen LogP contribution is -2.39. The van der Waals surface area contributed by atoms with Crippen molar-refractivity contribution in [1.29, 1.82) is 0 Å². The maximum atomic E-state index is 11.7. The van der Waals surface area contributed by atoms with Crippen LogP contribution in [0.4, 0.5) is 0 Å². The van der Waals surface area contributed by atoms with Crippen LogP contribution in [0.3, 0.4) is 0 Å². The van der Waals surface area contributed by atoms with Gasteiger partial charge in [-0.05, 0) is 23.8 Å². The van der Waals surface area contributed by atoms with E-state index in [9.17, 15) is 4.79 Å². The van der Waals surface area contributed by atoms with Gasteiger partial charge in [0, 0.05) is 45.3 Å². The first-order valence-corrected chi connectivity index (χ1v) is 7.10. The van der Waals surface area contributed by atoms with Gasteiger partial charge in [0.2, 0.25) is 5.91 Å². The summed E-state index contributed by atoms with van der Waals surface area (Å²) in [6.45, 7) is 2.54. The molecule has 0 fully saturated rings. The van der Waals surface area contributed by atoms with Crippen molar-refractivity contribution in [2.24, 2.45) is 0 Å². The molecule has 110 valence electrons.